The molecule has 0 aliphatic heterocycles. The molecule has 3 unspecified atom stereocenters. The Morgan fingerprint density at radius 1 is 0.967 bits per heavy atom. The van der Waals surface area contributed by atoms with Crippen LogP contribution >= 0.6 is 0 Å². The first-order valence-electron chi connectivity index (χ1n) is 9.30. The molecule has 30 heavy (non-hydrogen) atoms. The van der Waals surface area contributed by atoms with Gasteiger partial charge in [0.15, 0.2) is 5.78 Å². The lowest BCUT2D eigenvalue weighted by Gasteiger charge is -2.22. The lowest BCUT2D eigenvalue weighted by Crippen LogP contribution is -2.55. The van der Waals surface area contributed by atoms with E-state index < -0.39 is 41.6 Å². The summed E-state index contributed by atoms with van der Waals surface area (Å²) in [7, 11) is 1.18. The Balaban J connectivity index is 2.13. The number of carbonyl (C=O) groups is 4. The highest BCUT2D eigenvalue weighted by atomic mass is 16.5. The first-order chi connectivity index (χ1) is 14.3. The summed E-state index contributed by atoms with van der Waals surface area (Å²) < 4.78 is 4.72. The molecule has 0 heterocycles. The van der Waals surface area contributed by atoms with Gasteiger partial charge in [0.25, 0.3) is 0 Å². The summed E-state index contributed by atoms with van der Waals surface area (Å²) in [4.78, 5) is 48.9. The SMILES string of the molecule is COC(=O)C(Cc1ccccc1)NC(=O)C(N)C(C(=O)O)C(=O)Cc1ccccc1. The van der Waals surface area contributed by atoms with E-state index >= 15 is 0 Å². The van der Waals surface area contributed by atoms with Crippen LogP contribution < -0.4 is 11.1 Å². The number of methoxy groups -OCH3 is 1. The Labute approximate surface area is 174 Å². The van der Waals surface area contributed by atoms with Gasteiger partial charge in [-0.1, -0.05) is 60.7 Å². The van der Waals surface area contributed by atoms with Crippen LogP contribution in [0.2, 0.25) is 0 Å². The molecule has 8 nitrogen and oxygen atoms in total. The van der Waals surface area contributed by atoms with Crippen molar-refractivity contribution >= 4 is 23.6 Å². The second-order valence-corrected chi connectivity index (χ2v) is 6.74. The first kappa shape index (κ1) is 22.8. The molecule has 2 rings (SSSR count). The van der Waals surface area contributed by atoms with E-state index in [-0.39, 0.29) is 12.8 Å². The summed E-state index contributed by atoms with van der Waals surface area (Å²) in [6, 6.07) is 14.7. The molecular weight excluding hydrogens is 388 g/mol. The minimum absolute atomic E-state index is 0.127. The van der Waals surface area contributed by atoms with Crippen LogP contribution in [0.1, 0.15) is 11.1 Å². The van der Waals surface area contributed by atoms with E-state index in [9.17, 15) is 24.3 Å². The van der Waals surface area contributed by atoms with Crippen LogP contribution in [0.3, 0.4) is 0 Å². The van der Waals surface area contributed by atoms with Gasteiger partial charge in [0, 0.05) is 12.8 Å². The van der Waals surface area contributed by atoms with Crippen LogP contribution in [0.4, 0.5) is 0 Å². The van der Waals surface area contributed by atoms with Crippen LogP contribution in [0.25, 0.3) is 0 Å². The maximum Gasteiger partial charge on any atom is 0.328 e. The van der Waals surface area contributed by atoms with Crippen molar-refractivity contribution in [1.29, 1.82) is 0 Å². The number of Topliss-reactive ketones (excluding diaryl/α,β-unsaturated/α-hetero) is 1. The summed E-state index contributed by atoms with van der Waals surface area (Å²) in [5, 5.41) is 11.9. The van der Waals surface area contributed by atoms with Crippen molar-refractivity contribution < 1.29 is 29.0 Å². The highest BCUT2D eigenvalue weighted by Gasteiger charge is 2.38. The first-order valence-corrected chi connectivity index (χ1v) is 9.30. The molecule has 0 aliphatic rings. The number of hydrogen-bond donors (Lipinski definition) is 3. The number of ether oxygens (including phenoxy) is 1. The second kappa shape index (κ2) is 10.9. The standard InChI is InChI=1S/C22H24N2O6/c1-30-22(29)16(12-14-8-4-2-5-9-14)24-20(26)19(23)18(21(27)28)17(25)13-15-10-6-3-7-11-15/h2-11,16,18-19H,12-13,23H2,1H3,(H,24,26)(H,27,28). The number of esters is 1. The number of carboxylic acids is 1. The molecule has 0 fully saturated rings. The quantitative estimate of drug-likeness (QED) is 0.386. The fraction of sp³-hybridized carbons (Fsp3) is 0.273. The van der Waals surface area contributed by atoms with Gasteiger partial charge in [-0.25, -0.2) is 4.79 Å². The third-order valence-corrected chi connectivity index (χ3v) is 4.58. The molecule has 3 atom stereocenters. The van der Waals surface area contributed by atoms with Crippen molar-refractivity contribution in [2.24, 2.45) is 11.7 Å². The lowest BCUT2D eigenvalue weighted by molar-refractivity contribution is -0.150. The van der Waals surface area contributed by atoms with Gasteiger partial charge in [-0.2, -0.15) is 0 Å². The van der Waals surface area contributed by atoms with Crippen LogP contribution in [0.5, 0.6) is 0 Å². The molecule has 0 aromatic heterocycles. The minimum atomic E-state index is -1.75. The number of carboxylic acid groups (broad SMARTS) is 1. The molecule has 0 radical (unpaired) electrons. The highest BCUT2D eigenvalue weighted by molar-refractivity contribution is 6.05. The number of nitrogens with one attached hydrogen (secondary N) is 1. The van der Waals surface area contributed by atoms with Crippen LogP contribution in [0.15, 0.2) is 60.7 Å². The normalized spacial score (nSPS) is 13.5. The smallest absolute Gasteiger partial charge is 0.328 e. The topological polar surface area (TPSA) is 136 Å². The molecule has 2 aromatic carbocycles. The van der Waals surface area contributed by atoms with E-state index in [0.29, 0.717) is 5.56 Å². The monoisotopic (exact) mass is 412 g/mol. The molecule has 0 bridgehead atoms. The zero-order valence-corrected chi connectivity index (χ0v) is 16.5. The Morgan fingerprint density at radius 2 is 1.50 bits per heavy atom. The van der Waals surface area contributed by atoms with Crippen LogP contribution in [-0.2, 0) is 36.8 Å². The van der Waals surface area contributed by atoms with Crippen molar-refractivity contribution in [3.8, 4) is 0 Å². The lowest BCUT2D eigenvalue weighted by atomic mass is 9.90. The van der Waals surface area contributed by atoms with Crippen LogP contribution in [-0.4, -0.2) is 47.9 Å². The number of nitrogens with two attached hydrogens (primary N) is 1. The van der Waals surface area contributed by atoms with Gasteiger partial charge in [0.1, 0.15) is 18.0 Å². The summed E-state index contributed by atoms with van der Waals surface area (Å²) >= 11 is 0. The average Bonchev–Trinajstić information content (AvgIpc) is 2.73. The molecule has 0 saturated carbocycles. The van der Waals surface area contributed by atoms with Gasteiger partial charge in [-0.05, 0) is 11.1 Å². The molecular formula is C22H24N2O6. The van der Waals surface area contributed by atoms with Crippen molar-refractivity contribution in [1.82, 2.24) is 5.32 Å². The third kappa shape index (κ3) is 6.25. The number of rotatable bonds is 10. The van der Waals surface area contributed by atoms with Gasteiger partial charge >= 0.3 is 11.9 Å². The van der Waals surface area contributed by atoms with Gasteiger partial charge in [-0.15, -0.1) is 0 Å². The maximum atomic E-state index is 12.6. The van der Waals surface area contributed by atoms with Gasteiger partial charge in [-0.3, -0.25) is 14.4 Å². The second-order valence-electron chi connectivity index (χ2n) is 6.74. The summed E-state index contributed by atoms with van der Waals surface area (Å²) in [6.45, 7) is 0. The number of aliphatic carboxylic acids is 1. The molecule has 0 saturated heterocycles. The minimum Gasteiger partial charge on any atom is -0.481 e. The molecule has 2 aromatic rings. The third-order valence-electron chi connectivity index (χ3n) is 4.58. The number of amides is 1. The van der Waals surface area contributed by atoms with E-state index in [4.69, 9.17) is 10.5 Å². The highest BCUT2D eigenvalue weighted by Crippen LogP contribution is 2.12. The predicted molar refractivity (Wildman–Crippen MR) is 108 cm³/mol. The number of benzene rings is 2. The van der Waals surface area contributed by atoms with Crippen molar-refractivity contribution in [3.05, 3.63) is 71.8 Å². The molecule has 158 valence electrons. The summed E-state index contributed by atoms with van der Waals surface area (Å²) in [5.74, 6) is -5.58. The molecule has 4 N–H and O–H groups in total. The van der Waals surface area contributed by atoms with E-state index in [2.05, 4.69) is 5.32 Å². The fourth-order valence-electron chi connectivity index (χ4n) is 3.00. The van der Waals surface area contributed by atoms with E-state index in [1.165, 1.54) is 7.11 Å². The van der Waals surface area contributed by atoms with Crippen molar-refractivity contribution in [2.45, 2.75) is 24.9 Å². The Morgan fingerprint density at radius 3 is 2.00 bits per heavy atom. The summed E-state index contributed by atoms with van der Waals surface area (Å²) in [5.41, 5.74) is 7.20. The van der Waals surface area contributed by atoms with Gasteiger partial charge in [0.05, 0.1) is 7.11 Å². The van der Waals surface area contributed by atoms with E-state index in [1.807, 2.05) is 0 Å². The maximum absolute atomic E-state index is 12.6. The number of carbonyl (C=O) groups excluding carboxylic acids is 3. The molecule has 0 aliphatic carbocycles. The largest absolute Gasteiger partial charge is 0.481 e. The van der Waals surface area contributed by atoms with Crippen molar-refractivity contribution in [3.63, 3.8) is 0 Å². The zero-order valence-electron chi connectivity index (χ0n) is 16.5. The number of ketones is 1. The molecule has 8 heteroatoms. The zero-order chi connectivity index (χ0) is 22.1. The predicted octanol–water partition coefficient (Wildman–Crippen LogP) is 0.727. The Bertz CT molecular complexity index is 885. The van der Waals surface area contributed by atoms with Gasteiger partial charge < -0.3 is 20.9 Å². The van der Waals surface area contributed by atoms with Crippen LogP contribution in [0, 0.1) is 5.92 Å². The Kier molecular flexibility index (Phi) is 8.25. The van der Waals surface area contributed by atoms with E-state index in [1.54, 1.807) is 60.7 Å². The van der Waals surface area contributed by atoms with Gasteiger partial charge in [0.2, 0.25) is 5.91 Å². The molecule has 1 amide bonds. The van der Waals surface area contributed by atoms with Crippen molar-refractivity contribution in [2.75, 3.05) is 7.11 Å². The van der Waals surface area contributed by atoms with E-state index in [0.717, 1.165) is 5.56 Å². The number of hydrogen-bond acceptors (Lipinski definition) is 6. The fourth-order valence-corrected chi connectivity index (χ4v) is 3.00. The average molecular weight is 412 g/mol. The summed E-state index contributed by atoms with van der Waals surface area (Å²) in [6.07, 6.45) is -0.0507. The molecule has 0 spiro atoms. The Hall–Kier alpha value is -3.52.